The van der Waals surface area contributed by atoms with E-state index in [9.17, 15) is 9.18 Å². The van der Waals surface area contributed by atoms with Crippen molar-refractivity contribution >= 4 is 27.5 Å². The maximum absolute atomic E-state index is 13.8. The fourth-order valence-electron chi connectivity index (χ4n) is 3.21. The molecule has 0 bridgehead atoms. The Morgan fingerprint density at radius 3 is 2.84 bits per heavy atom. The molecule has 1 fully saturated rings. The predicted octanol–water partition coefficient (Wildman–Crippen LogP) is 4.29. The maximum atomic E-state index is 13.8. The van der Waals surface area contributed by atoms with Crippen molar-refractivity contribution in [2.45, 2.75) is 25.2 Å². The van der Waals surface area contributed by atoms with Crippen LogP contribution in [-0.2, 0) is 11.2 Å². The molecule has 5 heteroatoms. The van der Waals surface area contributed by atoms with Crippen LogP contribution in [-0.4, -0.2) is 17.4 Å². The molecule has 1 amide bonds. The van der Waals surface area contributed by atoms with E-state index in [4.69, 9.17) is 0 Å². The van der Waals surface area contributed by atoms with Gasteiger partial charge in [0.2, 0.25) is 5.91 Å². The molecular formula is C20H19FN2OS. The van der Waals surface area contributed by atoms with Crippen LogP contribution in [0.15, 0.2) is 48.5 Å². The van der Waals surface area contributed by atoms with E-state index in [1.165, 1.54) is 10.8 Å². The lowest BCUT2D eigenvalue weighted by Gasteiger charge is -2.05. The summed E-state index contributed by atoms with van der Waals surface area (Å²) in [7, 11) is 0. The summed E-state index contributed by atoms with van der Waals surface area (Å²) in [5.41, 5.74) is 1.70. The summed E-state index contributed by atoms with van der Waals surface area (Å²) in [6.45, 7) is 0.634. The highest BCUT2D eigenvalue weighted by Crippen LogP contribution is 2.48. The topological polar surface area (TPSA) is 42.0 Å². The van der Waals surface area contributed by atoms with Crippen LogP contribution in [0.4, 0.5) is 4.39 Å². The summed E-state index contributed by atoms with van der Waals surface area (Å²) in [4.78, 5) is 16.8. The van der Waals surface area contributed by atoms with Gasteiger partial charge in [0.05, 0.1) is 15.2 Å². The number of amides is 1. The number of fused-ring (bicyclic) bond motifs is 1. The molecule has 4 rings (SSSR count). The number of benzene rings is 2. The lowest BCUT2D eigenvalue weighted by atomic mass is 10.1. The highest BCUT2D eigenvalue weighted by atomic mass is 32.1. The minimum absolute atomic E-state index is 0.0328. The van der Waals surface area contributed by atoms with E-state index in [0.717, 1.165) is 29.8 Å². The number of nitrogens with zero attached hydrogens (tertiary/aromatic N) is 1. The second-order valence-corrected chi connectivity index (χ2v) is 7.56. The van der Waals surface area contributed by atoms with Gasteiger partial charge in [-0.15, -0.1) is 11.3 Å². The second-order valence-electron chi connectivity index (χ2n) is 6.44. The Labute approximate surface area is 149 Å². The summed E-state index contributed by atoms with van der Waals surface area (Å²) in [6.07, 6.45) is 2.47. The Bertz CT molecular complexity index is 874. The van der Waals surface area contributed by atoms with Crippen molar-refractivity contribution in [3.8, 4) is 0 Å². The molecule has 3 nitrogen and oxygen atoms in total. The monoisotopic (exact) mass is 354 g/mol. The summed E-state index contributed by atoms with van der Waals surface area (Å²) < 4.78 is 15.0. The minimum atomic E-state index is -0.210. The SMILES string of the molecule is O=C(NCCCc1nc2ccccc2s1)C1CC1c1ccccc1F. The van der Waals surface area contributed by atoms with Gasteiger partial charge in [0, 0.05) is 18.9 Å². The molecular weight excluding hydrogens is 335 g/mol. The quantitative estimate of drug-likeness (QED) is 0.671. The molecule has 0 saturated heterocycles. The fourth-order valence-corrected chi connectivity index (χ4v) is 4.22. The van der Waals surface area contributed by atoms with Gasteiger partial charge in [-0.05, 0) is 42.5 Å². The van der Waals surface area contributed by atoms with E-state index in [2.05, 4.69) is 16.4 Å². The lowest BCUT2D eigenvalue weighted by molar-refractivity contribution is -0.122. The molecule has 1 aromatic heterocycles. The Balaban J connectivity index is 1.24. The molecule has 1 aliphatic rings. The van der Waals surface area contributed by atoms with Crippen LogP contribution in [0.3, 0.4) is 0 Å². The minimum Gasteiger partial charge on any atom is -0.356 e. The predicted molar refractivity (Wildman–Crippen MR) is 98.2 cm³/mol. The van der Waals surface area contributed by atoms with Crippen molar-refractivity contribution in [3.63, 3.8) is 0 Å². The third-order valence-corrected chi connectivity index (χ3v) is 5.73. The van der Waals surface area contributed by atoms with Gasteiger partial charge in [-0.2, -0.15) is 0 Å². The zero-order chi connectivity index (χ0) is 17.2. The number of hydrogen-bond acceptors (Lipinski definition) is 3. The largest absolute Gasteiger partial charge is 0.356 e. The van der Waals surface area contributed by atoms with Crippen LogP contribution < -0.4 is 5.32 Å². The van der Waals surface area contributed by atoms with E-state index in [0.29, 0.717) is 12.1 Å². The van der Waals surface area contributed by atoms with Gasteiger partial charge in [-0.3, -0.25) is 4.79 Å². The van der Waals surface area contributed by atoms with Crippen molar-refractivity contribution < 1.29 is 9.18 Å². The number of carbonyl (C=O) groups excluding carboxylic acids is 1. The van der Waals surface area contributed by atoms with Gasteiger partial charge in [0.15, 0.2) is 0 Å². The molecule has 3 aromatic rings. The summed E-state index contributed by atoms with van der Waals surface area (Å²) >= 11 is 1.71. The number of aryl methyl sites for hydroxylation is 1. The highest BCUT2D eigenvalue weighted by Gasteiger charge is 2.44. The molecule has 2 unspecified atom stereocenters. The summed E-state index contributed by atoms with van der Waals surface area (Å²) in [5, 5.41) is 4.09. The average Bonchev–Trinajstić information content (AvgIpc) is 3.30. The molecule has 0 spiro atoms. The molecule has 25 heavy (non-hydrogen) atoms. The molecule has 1 aliphatic carbocycles. The van der Waals surface area contributed by atoms with Gasteiger partial charge in [0.1, 0.15) is 5.82 Å². The number of nitrogens with one attached hydrogen (secondary N) is 1. The zero-order valence-corrected chi connectivity index (χ0v) is 14.6. The van der Waals surface area contributed by atoms with Crippen LogP contribution in [0.2, 0.25) is 0 Å². The first-order valence-corrected chi connectivity index (χ1v) is 9.40. The normalized spacial score (nSPS) is 19.1. The molecule has 2 aromatic carbocycles. The highest BCUT2D eigenvalue weighted by molar-refractivity contribution is 7.18. The number of hydrogen-bond donors (Lipinski definition) is 1. The van der Waals surface area contributed by atoms with E-state index in [-0.39, 0.29) is 23.6 Å². The van der Waals surface area contributed by atoms with Gasteiger partial charge >= 0.3 is 0 Å². The van der Waals surface area contributed by atoms with E-state index < -0.39 is 0 Å². The lowest BCUT2D eigenvalue weighted by Crippen LogP contribution is -2.26. The molecule has 1 heterocycles. The van der Waals surface area contributed by atoms with Gasteiger partial charge in [0.25, 0.3) is 0 Å². The van der Waals surface area contributed by atoms with Crippen LogP contribution >= 0.6 is 11.3 Å². The number of thiazole rings is 1. The number of halogens is 1. The first-order chi connectivity index (χ1) is 12.2. The Morgan fingerprint density at radius 1 is 1.20 bits per heavy atom. The van der Waals surface area contributed by atoms with E-state index in [1.807, 2.05) is 24.3 Å². The first kappa shape index (κ1) is 16.2. The third kappa shape index (κ3) is 3.56. The van der Waals surface area contributed by atoms with Crippen molar-refractivity contribution in [3.05, 3.63) is 64.9 Å². The van der Waals surface area contributed by atoms with Crippen LogP contribution in [0, 0.1) is 11.7 Å². The molecule has 2 atom stereocenters. The smallest absolute Gasteiger partial charge is 0.223 e. The third-order valence-electron chi connectivity index (χ3n) is 4.64. The van der Waals surface area contributed by atoms with Crippen LogP contribution in [0.25, 0.3) is 10.2 Å². The number of para-hydroxylation sites is 1. The van der Waals surface area contributed by atoms with Crippen molar-refractivity contribution in [1.82, 2.24) is 10.3 Å². The molecule has 1 N–H and O–H groups in total. The first-order valence-electron chi connectivity index (χ1n) is 8.59. The summed E-state index contributed by atoms with van der Waals surface area (Å²) in [6, 6.07) is 14.9. The van der Waals surface area contributed by atoms with E-state index >= 15 is 0 Å². The zero-order valence-electron chi connectivity index (χ0n) is 13.7. The molecule has 0 radical (unpaired) electrons. The second kappa shape index (κ2) is 6.92. The molecule has 1 saturated carbocycles. The summed E-state index contributed by atoms with van der Waals surface area (Å²) in [5.74, 6) is -0.221. The molecule has 128 valence electrons. The average molecular weight is 354 g/mol. The van der Waals surface area contributed by atoms with Gasteiger partial charge in [-0.25, -0.2) is 9.37 Å². The van der Waals surface area contributed by atoms with Gasteiger partial charge in [-0.1, -0.05) is 30.3 Å². The maximum Gasteiger partial charge on any atom is 0.223 e. The molecule has 0 aliphatic heterocycles. The van der Waals surface area contributed by atoms with Crippen LogP contribution in [0.1, 0.15) is 29.3 Å². The Hall–Kier alpha value is -2.27. The van der Waals surface area contributed by atoms with Crippen molar-refractivity contribution in [2.24, 2.45) is 5.92 Å². The number of carbonyl (C=O) groups is 1. The Kier molecular flexibility index (Phi) is 4.49. The number of aromatic nitrogens is 1. The van der Waals surface area contributed by atoms with E-state index in [1.54, 1.807) is 23.5 Å². The van der Waals surface area contributed by atoms with Gasteiger partial charge < -0.3 is 5.32 Å². The Morgan fingerprint density at radius 2 is 2.00 bits per heavy atom. The van der Waals surface area contributed by atoms with Crippen molar-refractivity contribution in [1.29, 1.82) is 0 Å². The number of rotatable bonds is 6. The van der Waals surface area contributed by atoms with Crippen molar-refractivity contribution in [2.75, 3.05) is 6.54 Å². The standard InChI is InChI=1S/C20H19FN2OS/c21-16-7-2-1-6-13(16)14-12-15(14)20(24)22-11-5-10-19-23-17-8-3-4-9-18(17)25-19/h1-4,6-9,14-15H,5,10-12H2,(H,22,24). The van der Waals surface area contributed by atoms with Crippen LogP contribution in [0.5, 0.6) is 0 Å². The fraction of sp³-hybridized carbons (Fsp3) is 0.300.